The maximum Gasteiger partial charge on any atom is 0.419 e. The third kappa shape index (κ3) is 2.90. The Balaban J connectivity index is 2.23. The van der Waals surface area contributed by atoms with Gasteiger partial charge in [0.1, 0.15) is 0 Å². The Bertz CT molecular complexity index is 558. The van der Waals surface area contributed by atoms with Gasteiger partial charge in [0, 0.05) is 23.8 Å². The van der Waals surface area contributed by atoms with E-state index in [2.05, 4.69) is 22.6 Å². The molecule has 0 amide bonds. The lowest BCUT2D eigenvalue weighted by Gasteiger charge is -2.02. The summed E-state index contributed by atoms with van der Waals surface area (Å²) >= 11 is 2.23. The molecule has 5 heteroatoms. The van der Waals surface area contributed by atoms with Crippen LogP contribution in [0, 0.1) is 3.57 Å². The molecule has 0 bridgehead atoms. The highest BCUT2D eigenvalue weighted by Gasteiger charge is 2.08. The monoisotopic (exact) mass is 347 g/mol. The smallest absolute Gasteiger partial charge is 0.408 e. The Kier molecular flexibility index (Phi) is 4.22. The van der Waals surface area contributed by atoms with Crippen LogP contribution in [0.4, 0.5) is 0 Å². The molecule has 92 valence electrons. The Labute approximate surface area is 113 Å². The summed E-state index contributed by atoms with van der Waals surface area (Å²) in [5.41, 5.74) is 1.53. The highest BCUT2D eigenvalue weighted by Crippen LogP contribution is 2.16. The summed E-state index contributed by atoms with van der Waals surface area (Å²) in [6.07, 6.45) is 1.85. The van der Waals surface area contributed by atoms with Crippen molar-refractivity contribution in [2.75, 3.05) is 13.7 Å². The average molecular weight is 347 g/mol. The van der Waals surface area contributed by atoms with E-state index in [1.807, 2.05) is 18.2 Å². The van der Waals surface area contributed by atoms with Crippen molar-refractivity contribution >= 4 is 33.7 Å². The maximum atomic E-state index is 11.7. The van der Waals surface area contributed by atoms with Crippen LogP contribution in [0.1, 0.15) is 12.8 Å². The van der Waals surface area contributed by atoms with Gasteiger partial charge in [0.15, 0.2) is 5.58 Å². The van der Waals surface area contributed by atoms with Crippen LogP contribution in [-0.4, -0.2) is 18.3 Å². The topological polar surface area (TPSA) is 44.4 Å². The normalized spacial score (nSPS) is 11.2. The number of nitrogens with zero attached hydrogens (tertiary/aromatic N) is 1. The fraction of sp³-hybridized carbons (Fsp3) is 0.417. The number of benzene rings is 1. The van der Waals surface area contributed by atoms with Crippen molar-refractivity contribution in [1.29, 1.82) is 0 Å². The molecule has 0 radical (unpaired) electrons. The van der Waals surface area contributed by atoms with E-state index < -0.39 is 0 Å². The third-order valence-corrected chi connectivity index (χ3v) is 3.28. The molecule has 0 aliphatic rings. The lowest BCUT2D eigenvalue weighted by Crippen LogP contribution is -2.14. The summed E-state index contributed by atoms with van der Waals surface area (Å²) in [5, 5.41) is 0. The van der Waals surface area contributed by atoms with Gasteiger partial charge in [0.05, 0.1) is 5.52 Å². The van der Waals surface area contributed by atoms with Crippen molar-refractivity contribution in [3.8, 4) is 0 Å². The first kappa shape index (κ1) is 12.6. The predicted molar refractivity (Wildman–Crippen MR) is 74.3 cm³/mol. The fourth-order valence-corrected chi connectivity index (χ4v) is 2.24. The Morgan fingerprint density at radius 2 is 2.24 bits per heavy atom. The zero-order valence-electron chi connectivity index (χ0n) is 9.61. The van der Waals surface area contributed by atoms with Crippen LogP contribution in [0.3, 0.4) is 0 Å². The van der Waals surface area contributed by atoms with Crippen LogP contribution in [0.25, 0.3) is 11.1 Å². The van der Waals surface area contributed by atoms with Crippen molar-refractivity contribution < 1.29 is 9.15 Å². The maximum absolute atomic E-state index is 11.7. The minimum absolute atomic E-state index is 0.278. The number of hydrogen-bond donors (Lipinski definition) is 0. The van der Waals surface area contributed by atoms with Crippen LogP contribution < -0.4 is 5.76 Å². The van der Waals surface area contributed by atoms with E-state index in [1.54, 1.807) is 11.7 Å². The largest absolute Gasteiger partial charge is 0.419 e. The SMILES string of the molecule is COCCCCn1c(=O)oc2ccc(I)cc21. The molecule has 2 rings (SSSR count). The minimum Gasteiger partial charge on any atom is -0.408 e. The van der Waals surface area contributed by atoms with Crippen LogP contribution in [-0.2, 0) is 11.3 Å². The Morgan fingerprint density at radius 3 is 3.00 bits per heavy atom. The average Bonchev–Trinajstić information content (AvgIpc) is 2.61. The lowest BCUT2D eigenvalue weighted by molar-refractivity contribution is 0.191. The van der Waals surface area contributed by atoms with E-state index in [9.17, 15) is 4.79 Å². The van der Waals surface area contributed by atoms with E-state index in [1.165, 1.54) is 0 Å². The van der Waals surface area contributed by atoms with Crippen molar-refractivity contribution in [2.45, 2.75) is 19.4 Å². The third-order valence-electron chi connectivity index (χ3n) is 2.61. The second kappa shape index (κ2) is 5.68. The molecule has 0 atom stereocenters. The Morgan fingerprint density at radius 1 is 1.41 bits per heavy atom. The quantitative estimate of drug-likeness (QED) is 0.617. The van der Waals surface area contributed by atoms with Gasteiger partial charge in [0.2, 0.25) is 0 Å². The number of fused-ring (bicyclic) bond motifs is 1. The summed E-state index contributed by atoms with van der Waals surface area (Å²) in [5.74, 6) is -0.278. The molecular weight excluding hydrogens is 333 g/mol. The van der Waals surface area contributed by atoms with Crippen molar-refractivity contribution in [1.82, 2.24) is 4.57 Å². The number of oxazole rings is 1. The molecule has 2 aromatic rings. The van der Waals surface area contributed by atoms with Crippen LogP contribution in [0.15, 0.2) is 27.4 Å². The molecule has 4 nitrogen and oxygen atoms in total. The van der Waals surface area contributed by atoms with E-state index in [0.29, 0.717) is 12.1 Å². The summed E-state index contributed by atoms with van der Waals surface area (Å²) in [6.45, 7) is 1.40. The molecule has 17 heavy (non-hydrogen) atoms. The lowest BCUT2D eigenvalue weighted by atomic mass is 10.3. The van der Waals surface area contributed by atoms with Gasteiger partial charge in [-0.2, -0.15) is 0 Å². The van der Waals surface area contributed by atoms with Crippen molar-refractivity contribution in [3.63, 3.8) is 0 Å². The van der Waals surface area contributed by atoms with Gasteiger partial charge in [0.25, 0.3) is 0 Å². The number of aromatic nitrogens is 1. The van der Waals surface area contributed by atoms with Gasteiger partial charge in [-0.05, 0) is 53.6 Å². The Hall–Kier alpha value is -0.820. The number of aryl methyl sites for hydroxylation is 1. The van der Waals surface area contributed by atoms with Gasteiger partial charge in [-0.1, -0.05) is 0 Å². The number of ether oxygens (including phenoxy) is 1. The molecule has 0 saturated carbocycles. The molecule has 0 aliphatic heterocycles. The second-order valence-corrected chi connectivity index (χ2v) is 5.08. The van der Waals surface area contributed by atoms with E-state index in [4.69, 9.17) is 9.15 Å². The van der Waals surface area contributed by atoms with E-state index >= 15 is 0 Å². The first-order chi connectivity index (χ1) is 8.22. The summed E-state index contributed by atoms with van der Waals surface area (Å²) in [6, 6.07) is 5.74. The molecule has 0 fully saturated rings. The van der Waals surface area contributed by atoms with Gasteiger partial charge < -0.3 is 9.15 Å². The number of halogens is 1. The van der Waals surface area contributed by atoms with Crippen LogP contribution >= 0.6 is 22.6 Å². The molecule has 0 aliphatic carbocycles. The highest BCUT2D eigenvalue weighted by molar-refractivity contribution is 14.1. The van der Waals surface area contributed by atoms with Crippen LogP contribution in [0.2, 0.25) is 0 Å². The standard InChI is InChI=1S/C12H14INO3/c1-16-7-3-2-6-14-10-8-9(13)4-5-11(10)17-12(14)15/h4-5,8H,2-3,6-7H2,1H3. The zero-order chi connectivity index (χ0) is 12.3. The number of hydrogen-bond acceptors (Lipinski definition) is 3. The van der Waals surface area contributed by atoms with Crippen molar-refractivity contribution in [2.24, 2.45) is 0 Å². The molecule has 0 spiro atoms. The summed E-state index contributed by atoms with van der Waals surface area (Å²) < 4.78 is 13.0. The molecule has 0 saturated heterocycles. The molecule has 1 heterocycles. The molecular formula is C12H14INO3. The van der Waals surface area contributed by atoms with Crippen molar-refractivity contribution in [3.05, 3.63) is 32.3 Å². The summed E-state index contributed by atoms with van der Waals surface area (Å²) in [4.78, 5) is 11.7. The van der Waals surface area contributed by atoms with E-state index in [-0.39, 0.29) is 5.76 Å². The minimum atomic E-state index is -0.278. The molecule has 1 aromatic carbocycles. The van der Waals surface area contributed by atoms with Crippen LogP contribution in [0.5, 0.6) is 0 Å². The number of unbranched alkanes of at least 4 members (excludes halogenated alkanes) is 1. The number of rotatable bonds is 5. The fourth-order valence-electron chi connectivity index (χ4n) is 1.76. The highest BCUT2D eigenvalue weighted by atomic mass is 127. The van der Waals surface area contributed by atoms with Gasteiger partial charge >= 0.3 is 5.76 Å². The second-order valence-electron chi connectivity index (χ2n) is 3.83. The van der Waals surface area contributed by atoms with Gasteiger partial charge in [-0.25, -0.2) is 4.79 Å². The van der Waals surface area contributed by atoms with E-state index in [0.717, 1.165) is 28.5 Å². The predicted octanol–water partition coefficient (Wildman–Crippen LogP) is 2.63. The zero-order valence-corrected chi connectivity index (χ0v) is 11.8. The molecule has 0 N–H and O–H groups in total. The molecule has 0 unspecified atom stereocenters. The first-order valence-electron chi connectivity index (χ1n) is 5.50. The van der Waals surface area contributed by atoms with Gasteiger partial charge in [-0.15, -0.1) is 0 Å². The number of methoxy groups -OCH3 is 1. The summed E-state index contributed by atoms with van der Waals surface area (Å²) in [7, 11) is 1.68. The van der Waals surface area contributed by atoms with Gasteiger partial charge in [-0.3, -0.25) is 4.57 Å². The first-order valence-corrected chi connectivity index (χ1v) is 6.58. The molecule has 1 aromatic heterocycles.